The minimum atomic E-state index is -0.725. The summed E-state index contributed by atoms with van der Waals surface area (Å²) in [5.41, 5.74) is -0.344. The molecule has 8 heteroatoms. The third-order valence-electron chi connectivity index (χ3n) is 2.53. The predicted molar refractivity (Wildman–Crippen MR) is 69.8 cm³/mol. The maximum Gasteiger partial charge on any atom is 0.305 e. The summed E-state index contributed by atoms with van der Waals surface area (Å²) < 4.78 is 0. The molecule has 1 rings (SSSR count). The van der Waals surface area contributed by atoms with E-state index in [2.05, 4.69) is 5.32 Å². The summed E-state index contributed by atoms with van der Waals surface area (Å²) >= 11 is 0. The number of benzene rings is 1. The maximum atomic E-state index is 12.2. The number of para-hydroxylation sites is 1. The van der Waals surface area contributed by atoms with Crippen LogP contribution in [0, 0.1) is 32.8 Å². The molecule has 0 atom stereocenters. The van der Waals surface area contributed by atoms with Crippen LogP contribution in [-0.4, -0.2) is 35.9 Å². The number of hydrogen-bond acceptors (Lipinski definition) is 6. The van der Waals surface area contributed by atoms with Gasteiger partial charge in [0.05, 0.1) is 17.1 Å². The Balaban J connectivity index is 3.32. The summed E-state index contributed by atoms with van der Waals surface area (Å²) in [6.45, 7) is -0.624. The van der Waals surface area contributed by atoms with E-state index in [1.165, 1.54) is 25.2 Å². The average Bonchev–Trinajstić information content (AvgIpc) is 2.45. The number of nitrogens with zero attached hydrogens (tertiary/aromatic N) is 4. The lowest BCUT2D eigenvalue weighted by atomic mass is 10.1. The quantitative estimate of drug-likeness (QED) is 0.487. The van der Waals surface area contributed by atoms with Crippen molar-refractivity contribution in [3.63, 3.8) is 0 Å². The fraction of sp³-hybridized carbons (Fsp3) is 0.250. The molecule has 1 aromatic rings. The van der Waals surface area contributed by atoms with E-state index >= 15 is 0 Å². The highest BCUT2D eigenvalue weighted by Crippen LogP contribution is 2.29. The Kier molecular flexibility index (Phi) is 5.01. The molecule has 0 aliphatic carbocycles. The van der Waals surface area contributed by atoms with Gasteiger partial charge in [0.15, 0.2) is 0 Å². The van der Waals surface area contributed by atoms with E-state index in [0.29, 0.717) is 0 Å². The van der Waals surface area contributed by atoms with Gasteiger partial charge in [-0.1, -0.05) is 6.07 Å². The molecule has 1 amide bonds. The van der Waals surface area contributed by atoms with E-state index in [1.807, 2.05) is 0 Å². The van der Waals surface area contributed by atoms with Gasteiger partial charge >= 0.3 is 5.69 Å². The molecule has 1 aromatic carbocycles. The maximum absolute atomic E-state index is 12.2. The van der Waals surface area contributed by atoms with E-state index in [4.69, 9.17) is 10.5 Å². The Morgan fingerprint density at radius 1 is 1.40 bits per heavy atom. The molecule has 20 heavy (non-hydrogen) atoms. The normalized spacial score (nSPS) is 9.15. The van der Waals surface area contributed by atoms with Crippen LogP contribution in [0.2, 0.25) is 0 Å². The largest absolute Gasteiger partial charge is 0.383 e. The molecule has 1 N–H and O–H groups in total. The topological polar surface area (TPSA) is 123 Å². The van der Waals surface area contributed by atoms with E-state index in [1.54, 1.807) is 12.1 Å². The number of carbonyl (C=O) groups is 1. The van der Waals surface area contributed by atoms with Crippen molar-refractivity contribution in [2.45, 2.75) is 0 Å². The average molecular weight is 273 g/mol. The number of nitro groups is 1. The first-order valence-electron chi connectivity index (χ1n) is 5.55. The smallest absolute Gasteiger partial charge is 0.305 e. The summed E-state index contributed by atoms with van der Waals surface area (Å²) in [5.74, 6) is -0.725. The minimum absolute atomic E-state index is 0.160. The fourth-order valence-corrected chi connectivity index (χ4v) is 1.66. The van der Waals surface area contributed by atoms with Gasteiger partial charge < -0.3 is 10.2 Å². The van der Waals surface area contributed by atoms with Gasteiger partial charge in [-0.15, -0.1) is 0 Å². The van der Waals surface area contributed by atoms with Crippen LogP contribution < -0.4 is 5.32 Å². The standard InChI is InChI=1S/C12H11N5O3/c1-15-10-4-2-3-9(11(10)17(19)20)12(18)16(7-5-13)8-6-14/h2-4,15H,7-8H2,1H3. The predicted octanol–water partition coefficient (Wildman–Crippen LogP) is 1.13. The zero-order valence-electron chi connectivity index (χ0n) is 10.7. The third kappa shape index (κ3) is 3.00. The van der Waals surface area contributed by atoms with Crippen LogP contribution in [0.25, 0.3) is 0 Å². The van der Waals surface area contributed by atoms with Crippen LogP contribution >= 0.6 is 0 Å². The number of nitro benzene ring substituents is 1. The van der Waals surface area contributed by atoms with Crippen molar-refractivity contribution in [2.75, 3.05) is 25.5 Å². The molecule has 0 radical (unpaired) electrons. The molecule has 0 fully saturated rings. The van der Waals surface area contributed by atoms with Crippen LogP contribution in [0.1, 0.15) is 10.4 Å². The molecule has 0 aliphatic heterocycles. The number of hydrogen-bond donors (Lipinski definition) is 1. The van der Waals surface area contributed by atoms with E-state index in [-0.39, 0.29) is 30.0 Å². The number of rotatable bonds is 5. The van der Waals surface area contributed by atoms with E-state index in [0.717, 1.165) is 4.90 Å². The van der Waals surface area contributed by atoms with E-state index < -0.39 is 10.8 Å². The second kappa shape index (κ2) is 6.71. The highest BCUT2D eigenvalue weighted by atomic mass is 16.6. The van der Waals surface area contributed by atoms with Gasteiger partial charge in [-0.2, -0.15) is 10.5 Å². The first-order chi connectivity index (χ1) is 9.56. The summed E-state index contributed by atoms with van der Waals surface area (Å²) in [7, 11) is 1.50. The van der Waals surface area contributed by atoms with Gasteiger partial charge in [-0.05, 0) is 12.1 Å². The molecule has 8 nitrogen and oxygen atoms in total. The molecule has 0 heterocycles. The monoisotopic (exact) mass is 273 g/mol. The van der Waals surface area contributed by atoms with Crippen LogP contribution in [0.5, 0.6) is 0 Å². The molecule has 0 unspecified atom stereocenters. The minimum Gasteiger partial charge on any atom is -0.383 e. The van der Waals surface area contributed by atoms with Gasteiger partial charge in [0, 0.05) is 7.05 Å². The number of anilines is 1. The molecule has 0 saturated heterocycles. The Labute approximate surface area is 115 Å². The zero-order chi connectivity index (χ0) is 15.1. The molecule has 0 bridgehead atoms. The summed E-state index contributed by atoms with van der Waals surface area (Å²) in [4.78, 5) is 23.6. The Hall–Kier alpha value is -3.13. The summed E-state index contributed by atoms with van der Waals surface area (Å²) in [6.07, 6.45) is 0. The highest BCUT2D eigenvalue weighted by Gasteiger charge is 2.27. The number of carbonyl (C=O) groups excluding carboxylic acids is 1. The summed E-state index contributed by atoms with van der Waals surface area (Å²) in [6, 6.07) is 7.75. The van der Waals surface area contributed by atoms with Gasteiger partial charge in [0.25, 0.3) is 5.91 Å². The van der Waals surface area contributed by atoms with Crippen LogP contribution in [0.3, 0.4) is 0 Å². The van der Waals surface area contributed by atoms with Crippen LogP contribution in [-0.2, 0) is 0 Å². The Bertz CT molecular complexity index is 598. The molecule has 0 spiro atoms. The third-order valence-corrected chi connectivity index (χ3v) is 2.53. The highest BCUT2D eigenvalue weighted by molar-refractivity contribution is 6.00. The van der Waals surface area contributed by atoms with Crippen LogP contribution in [0.15, 0.2) is 18.2 Å². The molecule has 0 aromatic heterocycles. The Morgan fingerprint density at radius 2 is 2.00 bits per heavy atom. The molecule has 102 valence electrons. The van der Waals surface area contributed by atoms with Crippen molar-refractivity contribution in [1.29, 1.82) is 10.5 Å². The molecular weight excluding hydrogens is 262 g/mol. The lowest BCUT2D eigenvalue weighted by Gasteiger charge is -2.16. The second-order valence-corrected chi connectivity index (χ2v) is 3.69. The van der Waals surface area contributed by atoms with Crippen molar-refractivity contribution in [1.82, 2.24) is 4.90 Å². The Morgan fingerprint density at radius 3 is 2.45 bits per heavy atom. The summed E-state index contributed by atoms with van der Waals surface area (Å²) in [5, 5.41) is 31.0. The lowest BCUT2D eigenvalue weighted by Crippen LogP contribution is -2.32. The molecule has 0 saturated carbocycles. The number of nitrogens with one attached hydrogen (secondary N) is 1. The van der Waals surface area contributed by atoms with Crippen molar-refractivity contribution >= 4 is 17.3 Å². The van der Waals surface area contributed by atoms with Crippen molar-refractivity contribution in [3.05, 3.63) is 33.9 Å². The fourth-order valence-electron chi connectivity index (χ4n) is 1.66. The van der Waals surface area contributed by atoms with Gasteiger partial charge in [0.2, 0.25) is 0 Å². The number of nitriles is 2. The molecular formula is C12H11N5O3. The lowest BCUT2D eigenvalue weighted by molar-refractivity contribution is -0.384. The van der Waals surface area contributed by atoms with Crippen LogP contribution in [0.4, 0.5) is 11.4 Å². The van der Waals surface area contributed by atoms with Crippen molar-refractivity contribution in [3.8, 4) is 12.1 Å². The molecule has 0 aliphatic rings. The van der Waals surface area contributed by atoms with Gasteiger partial charge in [-0.25, -0.2) is 0 Å². The van der Waals surface area contributed by atoms with Gasteiger partial charge in [-0.3, -0.25) is 14.9 Å². The van der Waals surface area contributed by atoms with Crippen molar-refractivity contribution in [2.24, 2.45) is 0 Å². The number of amides is 1. The first kappa shape index (κ1) is 14.9. The van der Waals surface area contributed by atoms with Crippen molar-refractivity contribution < 1.29 is 9.72 Å². The van der Waals surface area contributed by atoms with E-state index in [9.17, 15) is 14.9 Å². The zero-order valence-corrected chi connectivity index (χ0v) is 10.7. The first-order valence-corrected chi connectivity index (χ1v) is 5.55. The second-order valence-electron chi connectivity index (χ2n) is 3.69. The van der Waals surface area contributed by atoms with Gasteiger partial charge in [0.1, 0.15) is 24.3 Å². The SMILES string of the molecule is CNc1cccc(C(=O)N(CC#N)CC#N)c1[N+](=O)[O-].